The van der Waals surface area contributed by atoms with Crippen molar-refractivity contribution in [3.63, 3.8) is 0 Å². The highest BCUT2D eigenvalue weighted by Gasteiger charge is 2.19. The highest BCUT2D eigenvalue weighted by atomic mass is 127. The normalized spacial score (nSPS) is 12.2. The summed E-state index contributed by atoms with van der Waals surface area (Å²) < 4.78 is 25.1. The number of pyridine rings is 1. The summed E-state index contributed by atoms with van der Waals surface area (Å²) in [5, 5.41) is 8.52. The molecule has 22 heavy (non-hydrogen) atoms. The zero-order valence-corrected chi connectivity index (χ0v) is 16.1. The topological polar surface area (TPSA) is 33.1 Å². The van der Waals surface area contributed by atoms with Crippen LogP contribution in [0.15, 0.2) is 43.2 Å². The summed E-state index contributed by atoms with van der Waals surface area (Å²) in [5.41, 5.74) is -2.21. The molecule has 1 N–H and O–H groups in total. The zero-order chi connectivity index (χ0) is 17.6. The van der Waals surface area contributed by atoms with Gasteiger partial charge in [-0.05, 0) is 52.7 Å². The van der Waals surface area contributed by atoms with Crippen molar-refractivity contribution in [2.24, 2.45) is 0 Å². The molecule has 0 aliphatic heterocycles. The predicted molar refractivity (Wildman–Crippen MR) is 98.9 cm³/mol. The summed E-state index contributed by atoms with van der Waals surface area (Å²) in [6, 6.07) is 5.72. The first-order valence-corrected chi connectivity index (χ1v) is 8.35. The lowest BCUT2D eigenvalue weighted by Gasteiger charge is -2.16. The third kappa shape index (κ3) is 24.5. The lowest BCUT2D eigenvalue weighted by atomic mass is 10.1. The molecule has 1 rings (SSSR count). The minimum atomic E-state index is -1.14. The van der Waals surface area contributed by atoms with Crippen molar-refractivity contribution >= 4 is 22.6 Å². The summed E-state index contributed by atoms with van der Waals surface area (Å²) in [6.45, 7) is 9.59. The fourth-order valence-corrected chi connectivity index (χ4v) is 2.29. The molecular weight excluding hydrogens is 399 g/mol. The molecule has 1 atom stereocenters. The molecule has 0 fully saturated rings. The van der Waals surface area contributed by atoms with Crippen LogP contribution in [-0.4, -0.2) is 32.0 Å². The lowest BCUT2D eigenvalue weighted by Crippen LogP contribution is -2.19. The van der Waals surface area contributed by atoms with Gasteiger partial charge < -0.3 is 5.11 Å². The van der Waals surface area contributed by atoms with Gasteiger partial charge in [-0.2, -0.15) is 0 Å². The molecule has 0 aliphatic rings. The maximum atomic E-state index is 12.7. The van der Waals surface area contributed by atoms with Crippen LogP contribution in [0.3, 0.4) is 0 Å². The molecule has 1 heterocycles. The average molecular weight is 427 g/mol. The maximum Gasteiger partial charge on any atom is 0.108 e. The van der Waals surface area contributed by atoms with Crippen LogP contribution in [0.2, 0.25) is 0 Å². The molecule has 0 bridgehead atoms. The van der Waals surface area contributed by atoms with E-state index >= 15 is 0 Å². The van der Waals surface area contributed by atoms with Crippen LogP contribution in [0.4, 0.5) is 8.78 Å². The number of halogens is 3. The van der Waals surface area contributed by atoms with E-state index < -0.39 is 11.3 Å². The third-order valence-corrected chi connectivity index (χ3v) is 2.94. The molecule has 0 spiro atoms. The van der Waals surface area contributed by atoms with Crippen molar-refractivity contribution in [3.05, 3.63) is 43.2 Å². The van der Waals surface area contributed by atoms with Gasteiger partial charge in [0.05, 0.1) is 6.61 Å². The number of hydrogen-bond acceptors (Lipinski definition) is 2. The minimum absolute atomic E-state index is 0.0441. The van der Waals surface area contributed by atoms with Gasteiger partial charge in [0.25, 0.3) is 0 Å². The Hall–Kier alpha value is -0.560. The van der Waals surface area contributed by atoms with E-state index in [2.05, 4.69) is 11.6 Å². The quantitative estimate of drug-likeness (QED) is 0.393. The van der Waals surface area contributed by atoms with Gasteiger partial charge in [0.1, 0.15) is 11.3 Å². The number of aliphatic hydroxyl groups excluding tert-OH is 1. The van der Waals surface area contributed by atoms with E-state index in [4.69, 9.17) is 5.11 Å². The smallest absolute Gasteiger partial charge is 0.108 e. The summed E-state index contributed by atoms with van der Waals surface area (Å²) in [4.78, 5) is 3.78. The number of rotatable bonds is 5. The standard InChI is InChI=1S/C6H12FIO.C6H11F.C5H5N/c1-6(2,7)3-5(8)4-9;1-4-5-6(2,3)7;1-2-4-6-5-3-1/h5,9H,3-4H2,1-2H3;4H,1,5H2,2-3H3;1-5H. The molecular formula is C17H28F2INO. The summed E-state index contributed by atoms with van der Waals surface area (Å²) in [7, 11) is 0. The molecule has 0 saturated carbocycles. The number of hydrogen-bond donors (Lipinski definition) is 1. The van der Waals surface area contributed by atoms with E-state index in [-0.39, 0.29) is 10.5 Å². The van der Waals surface area contributed by atoms with Gasteiger partial charge in [-0.15, -0.1) is 6.58 Å². The van der Waals surface area contributed by atoms with Gasteiger partial charge in [0, 0.05) is 16.3 Å². The van der Waals surface area contributed by atoms with Crippen LogP contribution in [-0.2, 0) is 0 Å². The molecule has 128 valence electrons. The fourth-order valence-electron chi connectivity index (χ4n) is 1.25. The first kappa shape index (κ1) is 23.7. The van der Waals surface area contributed by atoms with Crippen LogP contribution in [0.25, 0.3) is 0 Å². The SMILES string of the molecule is C=CCC(C)(C)F.CC(C)(F)CC(I)CO.c1ccncc1. The average Bonchev–Trinajstić information content (AvgIpc) is 2.39. The Bertz CT molecular complexity index is 334. The predicted octanol–water partition coefficient (Wildman–Crippen LogP) is 5.31. The number of aromatic nitrogens is 1. The second-order valence-electron chi connectivity index (χ2n) is 5.94. The van der Waals surface area contributed by atoms with Crippen molar-refractivity contribution in [3.8, 4) is 0 Å². The van der Waals surface area contributed by atoms with E-state index in [1.807, 2.05) is 40.8 Å². The maximum absolute atomic E-state index is 12.7. The van der Waals surface area contributed by atoms with Crippen molar-refractivity contribution in [2.75, 3.05) is 6.61 Å². The lowest BCUT2D eigenvalue weighted by molar-refractivity contribution is 0.183. The number of nitrogens with zero attached hydrogens (tertiary/aromatic N) is 1. The molecule has 0 saturated heterocycles. The summed E-state index contributed by atoms with van der Waals surface area (Å²) >= 11 is 2.04. The number of alkyl halides is 3. The third-order valence-electron chi connectivity index (χ3n) is 2.10. The van der Waals surface area contributed by atoms with Gasteiger partial charge in [0.2, 0.25) is 0 Å². The molecule has 0 aromatic carbocycles. The monoisotopic (exact) mass is 427 g/mol. The molecule has 1 unspecified atom stereocenters. The second kappa shape index (κ2) is 12.9. The summed E-state index contributed by atoms with van der Waals surface area (Å²) in [5.74, 6) is 0. The van der Waals surface area contributed by atoms with Crippen LogP contribution in [0.1, 0.15) is 40.5 Å². The van der Waals surface area contributed by atoms with Crippen LogP contribution in [0, 0.1) is 0 Å². The largest absolute Gasteiger partial charge is 0.395 e. The van der Waals surface area contributed by atoms with E-state index in [1.165, 1.54) is 27.7 Å². The Morgan fingerprint density at radius 1 is 1.14 bits per heavy atom. The zero-order valence-electron chi connectivity index (χ0n) is 13.9. The molecule has 2 nitrogen and oxygen atoms in total. The first-order valence-electron chi connectivity index (χ1n) is 7.10. The molecule has 0 radical (unpaired) electrons. The van der Waals surface area contributed by atoms with Gasteiger partial charge in [-0.3, -0.25) is 4.98 Å². The first-order chi connectivity index (χ1) is 10.0. The Morgan fingerprint density at radius 2 is 1.64 bits per heavy atom. The molecule has 1 aromatic heterocycles. The van der Waals surface area contributed by atoms with Gasteiger partial charge >= 0.3 is 0 Å². The van der Waals surface area contributed by atoms with Crippen molar-refractivity contribution < 1.29 is 13.9 Å². The Labute approximate surface area is 147 Å². The van der Waals surface area contributed by atoms with E-state index in [0.29, 0.717) is 12.8 Å². The Morgan fingerprint density at radius 3 is 1.73 bits per heavy atom. The van der Waals surface area contributed by atoms with Crippen LogP contribution < -0.4 is 0 Å². The van der Waals surface area contributed by atoms with Gasteiger partial charge in [0.15, 0.2) is 0 Å². The second-order valence-corrected chi connectivity index (χ2v) is 7.70. The van der Waals surface area contributed by atoms with Crippen LogP contribution in [0.5, 0.6) is 0 Å². The van der Waals surface area contributed by atoms with Crippen molar-refractivity contribution in [1.82, 2.24) is 4.98 Å². The molecule has 1 aromatic rings. The Kier molecular flexibility index (Phi) is 13.9. The van der Waals surface area contributed by atoms with E-state index in [9.17, 15) is 8.78 Å². The van der Waals surface area contributed by atoms with E-state index in [1.54, 1.807) is 18.5 Å². The molecule has 0 amide bonds. The van der Waals surface area contributed by atoms with E-state index in [0.717, 1.165) is 0 Å². The number of aliphatic hydroxyl groups is 1. The highest BCUT2D eigenvalue weighted by molar-refractivity contribution is 14.1. The van der Waals surface area contributed by atoms with Gasteiger partial charge in [-0.25, -0.2) is 8.78 Å². The Balaban J connectivity index is 0. The van der Waals surface area contributed by atoms with Crippen molar-refractivity contribution in [2.45, 2.75) is 55.8 Å². The minimum Gasteiger partial charge on any atom is -0.395 e. The molecule has 0 aliphatic carbocycles. The summed E-state index contributed by atoms with van der Waals surface area (Å²) in [6.07, 6.45) is 5.94. The molecule has 5 heteroatoms. The highest BCUT2D eigenvalue weighted by Crippen LogP contribution is 2.20. The van der Waals surface area contributed by atoms with Crippen molar-refractivity contribution in [1.29, 1.82) is 0 Å². The fraction of sp³-hybridized carbons (Fsp3) is 0.588. The van der Waals surface area contributed by atoms with Crippen LogP contribution >= 0.6 is 22.6 Å². The van der Waals surface area contributed by atoms with Gasteiger partial charge in [-0.1, -0.05) is 34.7 Å². The number of allylic oxidation sites excluding steroid dienone is 1.